The van der Waals surface area contributed by atoms with Gasteiger partial charge in [-0.2, -0.15) is 12.6 Å². The molecule has 0 saturated heterocycles. The third kappa shape index (κ3) is 31.1. The first-order valence-electron chi connectivity index (χ1n) is 30.7. The minimum absolute atomic E-state index is 0. The minimum Gasteiger partial charge on any atom is -0.496 e. The molecule has 0 heterocycles. The molecule has 0 atom stereocenters. The smallest absolute Gasteiger partial charge is 0.293 e. The van der Waals surface area contributed by atoms with Crippen molar-refractivity contribution < 1.29 is 51.0 Å². The molecular weight excluding hydrogens is 1820 g/mol. The maximum atomic E-state index is 11.6. The molecule has 104 heavy (non-hydrogen) atoms. The predicted octanol–water partition coefficient (Wildman–Crippen LogP) is 24.4. The molecule has 0 fully saturated rings. The summed E-state index contributed by atoms with van der Waals surface area (Å²) in [5.41, 5.74) is 18.2. The summed E-state index contributed by atoms with van der Waals surface area (Å²) in [5, 5.41) is 50.4. The van der Waals surface area contributed by atoms with Gasteiger partial charge in [0.1, 0.15) is 40.0 Å². The molecule has 0 aliphatic carbocycles. The third-order valence-corrected chi connectivity index (χ3v) is 19.9. The molecule has 11 aromatic rings. The van der Waals surface area contributed by atoms with Crippen LogP contribution in [0.4, 0.5) is 56.9 Å². The number of nitro groups is 4. The fourth-order valence-corrected chi connectivity index (χ4v) is 13.2. The molecule has 0 amide bonds. The van der Waals surface area contributed by atoms with E-state index in [9.17, 15) is 40.5 Å². The van der Waals surface area contributed by atoms with Crippen molar-refractivity contribution in [3.8, 4) is 17.2 Å². The van der Waals surface area contributed by atoms with E-state index in [-0.39, 0.29) is 61.0 Å². The molecule has 29 heteroatoms. The van der Waals surface area contributed by atoms with Crippen LogP contribution >= 0.6 is 134 Å². The zero-order chi connectivity index (χ0) is 75.2. The fourth-order valence-electron chi connectivity index (χ4n) is 8.43. The molecule has 544 valence electrons. The number of ether oxygens (including phenoxy) is 3. The first-order chi connectivity index (χ1) is 49.6. The van der Waals surface area contributed by atoms with Gasteiger partial charge >= 0.3 is 0 Å². The average molecular weight is 1890 g/mol. The number of nitrogens with one attached hydrogen (secondary N) is 2. The van der Waals surface area contributed by atoms with E-state index >= 15 is 0 Å². The quantitative estimate of drug-likeness (QED) is 0.00850. The number of nitrogen functional groups attached to an aromatic ring is 2. The van der Waals surface area contributed by atoms with E-state index in [1.165, 1.54) is 40.5 Å². The van der Waals surface area contributed by atoms with Crippen LogP contribution in [0, 0.1) is 44.0 Å². The Labute approximate surface area is 680 Å². The molecule has 0 radical (unpaired) electrons. The number of nitro benzene ring substituents is 4. The van der Waals surface area contributed by atoms with Crippen LogP contribution in [0.2, 0.25) is 0 Å². The Kier molecular flexibility index (Phi) is 41.2. The van der Waals surface area contributed by atoms with Crippen LogP contribution in [0.25, 0.3) is 0 Å². The van der Waals surface area contributed by atoms with Crippen molar-refractivity contribution in [2.45, 2.75) is 51.5 Å². The topological polar surface area (TPSA) is 276 Å². The first-order valence-corrected chi connectivity index (χ1v) is 38.6. The van der Waals surface area contributed by atoms with Crippen molar-refractivity contribution in [1.29, 1.82) is 0 Å². The summed E-state index contributed by atoms with van der Waals surface area (Å²) in [6.07, 6.45) is 0. The monoisotopic (exact) mass is 1890 g/mol. The van der Waals surface area contributed by atoms with E-state index in [2.05, 4.69) is 122 Å². The van der Waals surface area contributed by atoms with Crippen molar-refractivity contribution in [3.05, 3.63) is 333 Å². The Morgan fingerprint density at radius 3 is 0.981 bits per heavy atom. The van der Waals surface area contributed by atoms with Gasteiger partial charge in [-0.1, -0.05) is 199 Å². The van der Waals surface area contributed by atoms with Crippen LogP contribution in [-0.2, 0) is 40.1 Å². The van der Waals surface area contributed by atoms with E-state index in [1.54, 1.807) is 111 Å². The summed E-state index contributed by atoms with van der Waals surface area (Å²) in [4.78, 5) is 45.0. The Morgan fingerprint density at radius 2 is 0.663 bits per heavy atom. The minimum atomic E-state index is -0.514. The van der Waals surface area contributed by atoms with Gasteiger partial charge in [0.2, 0.25) is 0 Å². The van der Waals surface area contributed by atoms with Crippen LogP contribution in [0.1, 0.15) is 36.1 Å². The van der Waals surface area contributed by atoms with Crippen LogP contribution in [0.15, 0.2) is 281 Å². The molecule has 11 rings (SSSR count). The van der Waals surface area contributed by atoms with Crippen LogP contribution < -0.4 is 36.3 Å². The Balaban J connectivity index is 0.000000276. The summed E-state index contributed by atoms with van der Waals surface area (Å²) in [5.74, 6) is 5.23. The van der Waals surface area contributed by atoms with E-state index in [1.807, 2.05) is 178 Å². The summed E-state index contributed by atoms with van der Waals surface area (Å²) < 4.78 is 20.3. The van der Waals surface area contributed by atoms with Crippen molar-refractivity contribution in [1.82, 2.24) is 0 Å². The van der Waals surface area contributed by atoms with Crippen LogP contribution in [-0.4, -0.2) is 41.0 Å². The van der Waals surface area contributed by atoms with Gasteiger partial charge in [-0.3, -0.25) is 40.5 Å². The molecule has 0 aromatic heterocycles. The second kappa shape index (κ2) is 48.3. The number of hydrogen-bond acceptors (Lipinski definition) is 19. The zero-order valence-corrected chi connectivity index (χ0v) is 69.3. The first kappa shape index (κ1) is 88.6. The van der Waals surface area contributed by atoms with Crippen LogP contribution in [0.5, 0.6) is 17.2 Å². The average Bonchev–Trinajstić information content (AvgIpc) is 0.850. The molecule has 0 unspecified atom stereocenters. The van der Waals surface area contributed by atoms with Crippen molar-refractivity contribution in [2.24, 2.45) is 0 Å². The number of anilines is 6. The molecule has 6 N–H and O–H groups in total. The van der Waals surface area contributed by atoms with E-state index in [0.717, 1.165) is 60.4 Å². The van der Waals surface area contributed by atoms with Gasteiger partial charge in [-0.25, -0.2) is 0 Å². The zero-order valence-electron chi connectivity index (χ0n) is 56.3. The van der Waals surface area contributed by atoms with Crippen molar-refractivity contribution >= 4 is 191 Å². The number of methoxy groups -OCH3 is 3. The number of hydrogen-bond donors (Lipinski definition) is 5. The molecule has 0 bridgehead atoms. The maximum Gasteiger partial charge on any atom is 0.293 e. The largest absolute Gasteiger partial charge is 0.496 e. The number of nitrogens with zero attached hydrogens (tertiary/aromatic N) is 4. The van der Waals surface area contributed by atoms with Gasteiger partial charge in [-0.05, 0) is 148 Å². The molecule has 19 nitrogen and oxygen atoms in total. The van der Waals surface area contributed by atoms with E-state index < -0.39 is 9.85 Å². The Morgan fingerprint density at radius 1 is 0.385 bits per heavy atom. The van der Waals surface area contributed by atoms with Gasteiger partial charge in [0.05, 0.1) is 56.0 Å². The second-order valence-electron chi connectivity index (χ2n) is 20.5. The number of halogens is 5. The molecule has 0 aliphatic rings. The predicted molar refractivity (Wildman–Crippen MR) is 449 cm³/mol. The SMILES string of the molecule is CC.COc1cc(Br)ccc1I.COc1cc(Br)ccc1Nc1ccc(SCc2ccccc2)cc1[N+](=O)[O-].COc1cc(Br)ccc1Nc1ccc(SCc2ccccc2)cc1[N+](=O)[O-].Nc1ccc(Br)cc1[N+](=O)[O-].Nc1ccc(SCc2ccccc2)cc1[N+](=O)[O-].SCc1ccccc1.[Fe]. The summed E-state index contributed by atoms with van der Waals surface area (Å²) >= 11 is 24.3. The van der Waals surface area contributed by atoms with Gasteiger partial charge in [-0.15, -0.1) is 35.3 Å². The van der Waals surface area contributed by atoms with Gasteiger partial charge in [0, 0.05) is 96.9 Å². The number of thioether (sulfide) groups is 3. The summed E-state index contributed by atoms with van der Waals surface area (Å²) in [6.45, 7) is 4.00. The molecule has 11 aromatic carbocycles. The Bertz CT molecular complexity index is 4370. The molecule has 0 saturated carbocycles. The maximum absolute atomic E-state index is 11.6. The Hall–Kier alpha value is -7.81. The van der Waals surface area contributed by atoms with Gasteiger partial charge < -0.3 is 36.3 Å². The number of thiol groups is 1. The van der Waals surface area contributed by atoms with Gasteiger partial charge in [0.25, 0.3) is 22.7 Å². The third-order valence-electron chi connectivity index (χ3n) is 13.5. The van der Waals surface area contributed by atoms with E-state index in [4.69, 9.17) is 25.7 Å². The summed E-state index contributed by atoms with van der Waals surface area (Å²) in [7, 11) is 4.79. The molecule has 0 spiro atoms. The van der Waals surface area contributed by atoms with Crippen molar-refractivity contribution in [3.63, 3.8) is 0 Å². The summed E-state index contributed by atoms with van der Waals surface area (Å²) in [6, 6.07) is 76.8. The second-order valence-corrected chi connectivity index (χ2v) is 28.8. The van der Waals surface area contributed by atoms with E-state index in [0.29, 0.717) is 38.7 Å². The molecule has 0 aliphatic heterocycles. The molecular formula is C75H71Br4FeIN8O11S4. The van der Waals surface area contributed by atoms with Crippen LogP contribution in [0.3, 0.4) is 0 Å². The fraction of sp³-hybridized carbons (Fsp3) is 0.120. The van der Waals surface area contributed by atoms with Crippen molar-refractivity contribution in [2.75, 3.05) is 43.4 Å². The number of benzene rings is 11. The number of rotatable bonds is 21. The normalized spacial score (nSPS) is 9.88. The number of nitrogens with two attached hydrogens (primary N) is 2. The standard InChI is InChI=1S/2C20H17BrN2O3S.C13H12N2O2S.C7H6BrIO.C7H8S.C6H5BrN2O2.C2H6.Fe/c2*1-26-20-11-15(21)7-9-18(20)22-17-10-8-16(12-19(17)23(24)25)27-13-14-5-3-2-4-6-14;14-12-7-6-11(8-13(12)15(16)17)18-9-10-4-2-1-3-5-10;1-10-7-4-5(8)2-3-6(7)9;8-6-7-4-2-1-3-5-7;7-4-1-2-5(8)6(3-4)9(10)11;1-2;/h2*2-12,22H,13H2,1H3;1-8H,9,14H2;2-4H,1H3;1-5,8H,6H2;1-3H,8H2;1-2H3;. The van der Waals surface area contributed by atoms with Gasteiger partial charge in [0.15, 0.2) is 0 Å².